The van der Waals surface area contributed by atoms with E-state index in [4.69, 9.17) is 0 Å². The van der Waals surface area contributed by atoms with Crippen LogP contribution in [0, 0.1) is 11.3 Å². The van der Waals surface area contributed by atoms with Crippen molar-refractivity contribution < 1.29 is 17.6 Å². The molecule has 2 aliphatic rings. The van der Waals surface area contributed by atoms with Crippen molar-refractivity contribution in [3.63, 3.8) is 0 Å². The Labute approximate surface area is 220 Å². The van der Waals surface area contributed by atoms with E-state index >= 15 is 0 Å². The fourth-order valence-electron chi connectivity index (χ4n) is 4.68. The number of carbonyl (C=O) groups is 1. The summed E-state index contributed by atoms with van der Waals surface area (Å²) in [7, 11) is -3.34. The van der Waals surface area contributed by atoms with Crippen LogP contribution in [-0.2, 0) is 15.6 Å². The number of hydrogen-bond acceptors (Lipinski definition) is 8. The van der Waals surface area contributed by atoms with Crippen molar-refractivity contribution in [2.75, 3.05) is 37.2 Å². The smallest absolute Gasteiger partial charge is 0.253 e. The Bertz CT molecular complexity index is 1480. The second kappa shape index (κ2) is 10.1. The summed E-state index contributed by atoms with van der Waals surface area (Å²) in [6.45, 7) is 2.53. The van der Waals surface area contributed by atoms with Crippen molar-refractivity contribution in [1.29, 1.82) is 5.26 Å². The Kier molecular flexibility index (Phi) is 6.85. The molecule has 0 aliphatic carbocycles. The minimum Gasteiger partial charge on any atom is -0.336 e. The van der Waals surface area contributed by atoms with Gasteiger partial charge in [0.05, 0.1) is 36.7 Å². The molecule has 11 nitrogen and oxygen atoms in total. The van der Waals surface area contributed by atoms with E-state index in [0.29, 0.717) is 41.4 Å². The van der Waals surface area contributed by atoms with Crippen molar-refractivity contribution in [3.05, 3.63) is 54.5 Å². The van der Waals surface area contributed by atoms with Crippen LogP contribution < -0.4 is 5.32 Å². The number of anilines is 2. The Balaban J connectivity index is 1.28. The Morgan fingerprint density at radius 3 is 2.68 bits per heavy atom. The lowest BCUT2D eigenvalue weighted by Crippen LogP contribution is -2.64. The number of likely N-dealkylation sites (tertiary alicyclic amines) is 1. The van der Waals surface area contributed by atoms with E-state index in [0.717, 1.165) is 0 Å². The largest absolute Gasteiger partial charge is 0.336 e. The molecule has 2 saturated heterocycles. The van der Waals surface area contributed by atoms with Gasteiger partial charge in [0.2, 0.25) is 16.0 Å². The van der Waals surface area contributed by atoms with Gasteiger partial charge in [0.25, 0.3) is 5.91 Å². The van der Waals surface area contributed by atoms with Gasteiger partial charge in [0.1, 0.15) is 11.7 Å². The number of carbonyl (C=O) groups excluding carboxylic acids is 1. The molecule has 0 bridgehead atoms. The number of alkyl halides is 1. The van der Waals surface area contributed by atoms with Gasteiger partial charge in [-0.1, -0.05) is 0 Å². The van der Waals surface area contributed by atoms with E-state index in [1.807, 2.05) is 0 Å². The minimum absolute atomic E-state index is 0.00768. The number of amides is 1. The maximum Gasteiger partial charge on any atom is 0.253 e. The second-order valence-corrected chi connectivity index (χ2v) is 11.8. The van der Waals surface area contributed by atoms with Gasteiger partial charge in [-0.05, 0) is 43.7 Å². The highest BCUT2D eigenvalue weighted by Crippen LogP contribution is 2.35. The SMILES string of the molecule is CCS(=O)(=O)N1CC(CC#N)(n2cc(-c3ccnc(Nc4ccc(C(=O)N5CCC(F)C5)cc4)n3)cn2)C1. The van der Waals surface area contributed by atoms with Crippen LogP contribution in [0.15, 0.2) is 48.9 Å². The highest BCUT2D eigenvalue weighted by Gasteiger charge is 2.49. The first-order valence-corrected chi connectivity index (χ1v) is 13.9. The number of sulfonamides is 1. The van der Waals surface area contributed by atoms with Gasteiger partial charge in [-0.2, -0.15) is 14.7 Å². The summed E-state index contributed by atoms with van der Waals surface area (Å²) in [4.78, 5) is 22.9. The van der Waals surface area contributed by atoms with Gasteiger partial charge in [-0.15, -0.1) is 0 Å². The van der Waals surface area contributed by atoms with Gasteiger partial charge in [0, 0.05) is 48.8 Å². The molecule has 5 rings (SSSR count). The number of nitrogens with zero attached hydrogens (tertiary/aromatic N) is 7. The van der Waals surface area contributed by atoms with Crippen LogP contribution in [0.1, 0.15) is 30.1 Å². The summed E-state index contributed by atoms with van der Waals surface area (Å²) in [6.07, 6.45) is 4.53. The molecule has 0 spiro atoms. The molecule has 0 radical (unpaired) electrons. The first-order chi connectivity index (χ1) is 18.2. The topological polar surface area (TPSA) is 137 Å². The van der Waals surface area contributed by atoms with Gasteiger partial charge in [-0.25, -0.2) is 22.8 Å². The van der Waals surface area contributed by atoms with Gasteiger partial charge in [-0.3, -0.25) is 9.48 Å². The molecule has 1 N–H and O–H groups in total. The van der Waals surface area contributed by atoms with E-state index in [2.05, 4.69) is 26.5 Å². The minimum atomic E-state index is -3.34. The summed E-state index contributed by atoms with van der Waals surface area (Å²) in [5.74, 6) is 0.154. The number of aromatic nitrogens is 4. The zero-order chi connectivity index (χ0) is 26.9. The molecule has 13 heteroatoms. The molecule has 198 valence electrons. The number of rotatable bonds is 8. The first kappa shape index (κ1) is 25.7. The summed E-state index contributed by atoms with van der Waals surface area (Å²) < 4.78 is 40.9. The van der Waals surface area contributed by atoms with Crippen LogP contribution >= 0.6 is 0 Å². The van der Waals surface area contributed by atoms with Crippen molar-refractivity contribution in [3.8, 4) is 17.3 Å². The van der Waals surface area contributed by atoms with Crippen molar-refractivity contribution >= 4 is 27.6 Å². The average molecular weight is 539 g/mol. The van der Waals surface area contributed by atoms with E-state index in [9.17, 15) is 22.9 Å². The van der Waals surface area contributed by atoms with Gasteiger partial charge in [0.15, 0.2) is 0 Å². The Morgan fingerprint density at radius 2 is 2.03 bits per heavy atom. The molecule has 38 heavy (non-hydrogen) atoms. The van der Waals surface area contributed by atoms with E-state index in [1.54, 1.807) is 60.5 Å². The molecule has 3 aromatic rings. The zero-order valence-electron chi connectivity index (χ0n) is 20.8. The monoisotopic (exact) mass is 538 g/mol. The fourth-order valence-corrected chi connectivity index (χ4v) is 5.92. The molecule has 1 amide bonds. The molecule has 4 heterocycles. The predicted octanol–water partition coefficient (Wildman–Crippen LogP) is 2.54. The van der Waals surface area contributed by atoms with E-state index < -0.39 is 21.7 Å². The molecular formula is C25H27FN8O3S. The molecule has 2 aliphatic heterocycles. The number of halogens is 1. The average Bonchev–Trinajstić information content (AvgIpc) is 3.56. The van der Waals surface area contributed by atoms with Crippen LogP contribution in [0.4, 0.5) is 16.0 Å². The third-order valence-electron chi connectivity index (χ3n) is 6.93. The first-order valence-electron chi connectivity index (χ1n) is 12.3. The normalized spacial score (nSPS) is 19.1. The van der Waals surface area contributed by atoms with E-state index in [1.165, 1.54) is 9.21 Å². The van der Waals surface area contributed by atoms with Crippen molar-refractivity contribution in [1.82, 2.24) is 29.0 Å². The molecule has 1 atom stereocenters. The lowest BCUT2D eigenvalue weighted by molar-refractivity contribution is 0.0719. The maximum atomic E-state index is 13.4. The molecule has 2 aromatic heterocycles. The van der Waals surface area contributed by atoms with Crippen LogP contribution in [0.5, 0.6) is 0 Å². The standard InChI is InChI=1S/C25H27FN8O3S/c1-2-38(36,37)33-16-25(17-33,9-10-27)34-14-19(13-29-34)22-7-11-28-24(31-22)30-21-5-3-18(4-6-21)23(35)32-12-8-20(26)15-32/h3-7,11,13-14,20H,2,8-9,12,15-17H2,1H3,(H,28,30,31). The Morgan fingerprint density at radius 1 is 1.26 bits per heavy atom. The van der Waals surface area contributed by atoms with Crippen LogP contribution in [0.25, 0.3) is 11.3 Å². The summed E-state index contributed by atoms with van der Waals surface area (Å²) in [6, 6.07) is 10.7. The van der Waals surface area contributed by atoms with Gasteiger partial charge < -0.3 is 10.2 Å². The van der Waals surface area contributed by atoms with Crippen LogP contribution in [0.3, 0.4) is 0 Å². The second-order valence-electron chi connectivity index (χ2n) is 9.51. The highest BCUT2D eigenvalue weighted by molar-refractivity contribution is 7.89. The summed E-state index contributed by atoms with van der Waals surface area (Å²) in [5.41, 5.74) is 1.74. The summed E-state index contributed by atoms with van der Waals surface area (Å²) in [5, 5.41) is 16.9. The number of hydrogen-bond donors (Lipinski definition) is 1. The van der Waals surface area contributed by atoms with Crippen LogP contribution in [0.2, 0.25) is 0 Å². The fraction of sp³-hybridized carbons (Fsp3) is 0.400. The van der Waals surface area contributed by atoms with Crippen LogP contribution in [-0.4, -0.2) is 81.4 Å². The lowest BCUT2D eigenvalue weighted by atomic mass is 9.89. The molecular weight excluding hydrogens is 511 g/mol. The highest BCUT2D eigenvalue weighted by atomic mass is 32.2. The molecule has 1 unspecified atom stereocenters. The number of nitrogens with one attached hydrogen (secondary N) is 1. The molecule has 1 aromatic carbocycles. The van der Waals surface area contributed by atoms with Crippen molar-refractivity contribution in [2.24, 2.45) is 0 Å². The predicted molar refractivity (Wildman–Crippen MR) is 138 cm³/mol. The quantitative estimate of drug-likeness (QED) is 0.462. The van der Waals surface area contributed by atoms with E-state index in [-0.39, 0.29) is 37.7 Å². The summed E-state index contributed by atoms with van der Waals surface area (Å²) >= 11 is 0. The number of nitriles is 1. The zero-order valence-corrected chi connectivity index (χ0v) is 21.6. The third kappa shape index (κ3) is 4.97. The lowest BCUT2D eigenvalue weighted by Gasteiger charge is -2.47. The maximum absolute atomic E-state index is 13.4. The molecule has 2 fully saturated rings. The van der Waals surface area contributed by atoms with Gasteiger partial charge >= 0.3 is 0 Å². The number of benzene rings is 1. The third-order valence-corrected chi connectivity index (χ3v) is 8.71. The molecule has 0 saturated carbocycles. The van der Waals surface area contributed by atoms with Crippen molar-refractivity contribution in [2.45, 2.75) is 31.5 Å². The Hall–Kier alpha value is -3.89.